The molecule has 84 valence electrons. The van der Waals surface area contributed by atoms with Gasteiger partial charge in [0.1, 0.15) is 0 Å². The van der Waals surface area contributed by atoms with E-state index in [1.54, 1.807) is 0 Å². The lowest BCUT2D eigenvalue weighted by molar-refractivity contribution is -0.109. The lowest BCUT2D eigenvalue weighted by Crippen LogP contribution is -2.39. The number of aromatic amines is 1. The van der Waals surface area contributed by atoms with Gasteiger partial charge in [0.15, 0.2) is 0 Å². The van der Waals surface area contributed by atoms with Crippen LogP contribution < -0.4 is 21.4 Å². The zero-order valence-corrected chi connectivity index (χ0v) is 9.12. The third kappa shape index (κ3) is 2.05. The van der Waals surface area contributed by atoms with Gasteiger partial charge in [-0.15, -0.1) is 0 Å². The van der Waals surface area contributed by atoms with E-state index in [0.717, 1.165) is 17.0 Å². The van der Waals surface area contributed by atoms with Crippen LogP contribution in [0.15, 0.2) is 10.9 Å². The van der Waals surface area contributed by atoms with E-state index in [2.05, 4.69) is 23.3 Å². The maximum atomic E-state index is 11.6. The predicted octanol–water partition coefficient (Wildman–Crippen LogP) is -0.778. The van der Waals surface area contributed by atoms with E-state index in [0.29, 0.717) is 17.9 Å². The van der Waals surface area contributed by atoms with Crippen molar-refractivity contribution in [2.24, 2.45) is 5.92 Å². The molecule has 0 aromatic carbocycles. The van der Waals surface area contributed by atoms with E-state index >= 15 is 0 Å². The van der Waals surface area contributed by atoms with E-state index in [1.807, 2.05) is 12.1 Å². The lowest BCUT2D eigenvalue weighted by atomic mass is 10.0. The Morgan fingerprint density at radius 1 is 1.62 bits per heavy atom. The molecule has 16 heavy (non-hydrogen) atoms. The molecule has 4 nitrogen and oxygen atoms in total. The summed E-state index contributed by atoms with van der Waals surface area (Å²) in [6.45, 7) is 2.40. The SMILES string of the molecule is CC1C=c2cc(CNC=O)c(=O)[nH]c2=CC1. The predicted molar refractivity (Wildman–Crippen MR) is 61.9 cm³/mol. The molecule has 1 amide bonds. The second kappa shape index (κ2) is 4.35. The van der Waals surface area contributed by atoms with E-state index in [9.17, 15) is 9.59 Å². The number of rotatable bonds is 3. The van der Waals surface area contributed by atoms with Crippen LogP contribution >= 0.6 is 0 Å². The number of fused-ring (bicyclic) bond motifs is 1. The van der Waals surface area contributed by atoms with Crippen LogP contribution in [-0.2, 0) is 11.3 Å². The highest BCUT2D eigenvalue weighted by molar-refractivity contribution is 5.46. The Labute approximate surface area is 92.7 Å². The van der Waals surface area contributed by atoms with Crippen molar-refractivity contribution in [2.75, 3.05) is 0 Å². The van der Waals surface area contributed by atoms with Crippen LogP contribution in [0, 0.1) is 5.92 Å². The molecule has 1 aliphatic carbocycles. The highest BCUT2D eigenvalue weighted by Crippen LogP contribution is 2.05. The topological polar surface area (TPSA) is 62.0 Å². The molecule has 0 aliphatic heterocycles. The summed E-state index contributed by atoms with van der Waals surface area (Å²) >= 11 is 0. The Morgan fingerprint density at radius 2 is 2.44 bits per heavy atom. The van der Waals surface area contributed by atoms with Gasteiger partial charge in [-0.05, 0) is 23.6 Å². The Balaban J connectivity index is 2.52. The minimum atomic E-state index is -0.132. The van der Waals surface area contributed by atoms with E-state index < -0.39 is 0 Å². The molecule has 0 saturated heterocycles. The van der Waals surface area contributed by atoms with Gasteiger partial charge in [-0.3, -0.25) is 9.59 Å². The number of pyridine rings is 1. The third-order valence-electron chi connectivity index (χ3n) is 2.71. The Bertz CT molecular complexity index is 572. The van der Waals surface area contributed by atoms with Crippen molar-refractivity contribution in [1.29, 1.82) is 0 Å². The first-order valence-electron chi connectivity index (χ1n) is 5.32. The molecular weight excluding hydrogens is 204 g/mol. The van der Waals surface area contributed by atoms with Crippen molar-refractivity contribution >= 4 is 18.6 Å². The van der Waals surface area contributed by atoms with Crippen molar-refractivity contribution < 1.29 is 4.79 Å². The number of aromatic nitrogens is 1. The summed E-state index contributed by atoms with van der Waals surface area (Å²) in [5, 5.41) is 4.43. The van der Waals surface area contributed by atoms with E-state index in [4.69, 9.17) is 0 Å². The number of amides is 1. The van der Waals surface area contributed by atoms with Crippen LogP contribution in [-0.4, -0.2) is 11.4 Å². The summed E-state index contributed by atoms with van der Waals surface area (Å²) in [4.78, 5) is 24.7. The molecule has 0 radical (unpaired) electrons. The van der Waals surface area contributed by atoms with Gasteiger partial charge in [-0.2, -0.15) is 0 Å². The number of carbonyl (C=O) groups excluding carboxylic acids is 1. The summed E-state index contributed by atoms with van der Waals surface area (Å²) in [6.07, 6.45) is 5.72. The summed E-state index contributed by atoms with van der Waals surface area (Å²) in [6, 6.07) is 1.84. The normalized spacial score (nSPS) is 17.9. The zero-order chi connectivity index (χ0) is 11.5. The van der Waals surface area contributed by atoms with Gasteiger partial charge in [0, 0.05) is 17.5 Å². The van der Waals surface area contributed by atoms with Crippen molar-refractivity contribution in [2.45, 2.75) is 19.9 Å². The Hall–Kier alpha value is -1.84. The first-order chi connectivity index (χ1) is 7.70. The molecular formula is C12H14N2O2. The van der Waals surface area contributed by atoms with Gasteiger partial charge in [0.2, 0.25) is 6.41 Å². The number of nitrogens with one attached hydrogen (secondary N) is 2. The lowest BCUT2D eigenvalue weighted by Gasteiger charge is -2.08. The molecule has 4 heteroatoms. The fourth-order valence-electron chi connectivity index (χ4n) is 1.87. The monoisotopic (exact) mass is 218 g/mol. The highest BCUT2D eigenvalue weighted by Gasteiger charge is 2.05. The quantitative estimate of drug-likeness (QED) is 0.654. The third-order valence-corrected chi connectivity index (χ3v) is 2.71. The summed E-state index contributed by atoms with van der Waals surface area (Å²) in [5.74, 6) is 0.491. The molecule has 0 bridgehead atoms. The van der Waals surface area contributed by atoms with Crippen LogP contribution in [0.4, 0.5) is 0 Å². The molecule has 1 aliphatic rings. The summed E-state index contributed by atoms with van der Waals surface area (Å²) < 4.78 is 0. The molecule has 2 rings (SSSR count). The number of H-pyrrole nitrogens is 1. The van der Waals surface area contributed by atoms with Crippen molar-refractivity contribution in [3.05, 3.63) is 32.6 Å². The van der Waals surface area contributed by atoms with Crippen molar-refractivity contribution in [3.8, 4) is 0 Å². The zero-order valence-electron chi connectivity index (χ0n) is 9.12. The van der Waals surface area contributed by atoms with Crippen LogP contribution in [0.5, 0.6) is 0 Å². The van der Waals surface area contributed by atoms with Crippen LogP contribution in [0.25, 0.3) is 12.2 Å². The number of hydrogen-bond donors (Lipinski definition) is 2. The number of carbonyl (C=O) groups is 1. The molecule has 0 saturated carbocycles. The van der Waals surface area contributed by atoms with Gasteiger partial charge in [0.05, 0.1) is 0 Å². The first-order valence-corrected chi connectivity index (χ1v) is 5.32. The molecule has 1 atom stereocenters. The summed E-state index contributed by atoms with van der Waals surface area (Å²) in [5.41, 5.74) is 0.455. The smallest absolute Gasteiger partial charge is 0.253 e. The average Bonchev–Trinajstić information content (AvgIpc) is 2.27. The second-order valence-electron chi connectivity index (χ2n) is 4.08. The van der Waals surface area contributed by atoms with E-state index in [1.165, 1.54) is 0 Å². The van der Waals surface area contributed by atoms with Crippen LogP contribution in [0.2, 0.25) is 0 Å². The van der Waals surface area contributed by atoms with Gasteiger partial charge in [0.25, 0.3) is 5.56 Å². The molecule has 1 aromatic heterocycles. The molecule has 1 heterocycles. The molecule has 1 aromatic rings. The molecule has 0 spiro atoms. The van der Waals surface area contributed by atoms with Gasteiger partial charge >= 0.3 is 0 Å². The van der Waals surface area contributed by atoms with Gasteiger partial charge < -0.3 is 10.3 Å². The summed E-state index contributed by atoms with van der Waals surface area (Å²) in [7, 11) is 0. The van der Waals surface area contributed by atoms with Crippen LogP contribution in [0.3, 0.4) is 0 Å². The maximum absolute atomic E-state index is 11.6. The number of hydrogen-bond acceptors (Lipinski definition) is 2. The second-order valence-corrected chi connectivity index (χ2v) is 4.08. The maximum Gasteiger partial charge on any atom is 0.253 e. The Morgan fingerprint density at radius 3 is 3.19 bits per heavy atom. The van der Waals surface area contributed by atoms with E-state index in [-0.39, 0.29) is 12.1 Å². The molecule has 0 fully saturated rings. The van der Waals surface area contributed by atoms with Gasteiger partial charge in [-0.1, -0.05) is 19.1 Å². The van der Waals surface area contributed by atoms with Gasteiger partial charge in [-0.25, -0.2) is 0 Å². The highest BCUT2D eigenvalue weighted by atomic mass is 16.1. The fourth-order valence-corrected chi connectivity index (χ4v) is 1.87. The van der Waals surface area contributed by atoms with Crippen LogP contribution in [0.1, 0.15) is 18.9 Å². The Kier molecular flexibility index (Phi) is 2.90. The average molecular weight is 218 g/mol. The largest absolute Gasteiger partial charge is 0.354 e. The standard InChI is InChI=1S/C12H14N2O2/c1-8-2-3-11-9(4-8)5-10(6-13-7-15)12(16)14-11/h3-5,7-8H,2,6H2,1H3,(H,13,15)(H,14,16). The fraction of sp³-hybridized carbons (Fsp3) is 0.333. The van der Waals surface area contributed by atoms with Crippen molar-refractivity contribution in [3.63, 3.8) is 0 Å². The molecule has 2 N–H and O–H groups in total. The molecule has 1 unspecified atom stereocenters. The minimum absolute atomic E-state index is 0.132. The minimum Gasteiger partial charge on any atom is -0.354 e. The first kappa shape index (κ1) is 10.7. The van der Waals surface area contributed by atoms with Crippen molar-refractivity contribution in [1.82, 2.24) is 10.3 Å².